The summed E-state index contributed by atoms with van der Waals surface area (Å²) in [7, 11) is 0. The van der Waals surface area contributed by atoms with Crippen molar-refractivity contribution < 1.29 is 9.53 Å². The molecule has 0 spiro atoms. The molecule has 2 rings (SSSR count). The summed E-state index contributed by atoms with van der Waals surface area (Å²) < 4.78 is 6.49. The van der Waals surface area contributed by atoms with Gasteiger partial charge >= 0.3 is 5.97 Å². The van der Waals surface area contributed by atoms with E-state index in [4.69, 9.17) is 10.5 Å². The number of nitrogen functional groups attached to an aromatic ring is 1. The molecule has 2 aromatic rings. The molecule has 18 heavy (non-hydrogen) atoms. The molecule has 1 aromatic carbocycles. The number of benzene rings is 1. The molecular weight excluding hydrogens is 232 g/mol. The van der Waals surface area contributed by atoms with Crippen LogP contribution in [0.2, 0.25) is 0 Å². The lowest BCUT2D eigenvalue weighted by Crippen LogP contribution is -2.11. The summed E-state index contributed by atoms with van der Waals surface area (Å²) in [6.45, 7) is 2.13. The number of hydrogen-bond acceptors (Lipinski definition) is 5. The summed E-state index contributed by atoms with van der Waals surface area (Å²) in [5.74, 6) is -0.295. The largest absolute Gasteiger partial charge is 0.466 e. The minimum absolute atomic E-state index is 0.144. The molecular formula is C12H14N4O2. The normalized spacial score (nSPS) is 10.3. The van der Waals surface area contributed by atoms with Gasteiger partial charge in [0, 0.05) is 5.69 Å². The van der Waals surface area contributed by atoms with Crippen molar-refractivity contribution in [1.82, 2.24) is 15.0 Å². The topological polar surface area (TPSA) is 83.0 Å². The van der Waals surface area contributed by atoms with E-state index in [1.165, 1.54) is 0 Å². The number of aromatic nitrogens is 3. The van der Waals surface area contributed by atoms with E-state index in [0.29, 0.717) is 18.0 Å². The molecule has 0 saturated carbocycles. The fourth-order valence-corrected chi connectivity index (χ4v) is 1.57. The van der Waals surface area contributed by atoms with Crippen LogP contribution >= 0.6 is 0 Å². The highest BCUT2D eigenvalue weighted by atomic mass is 16.5. The minimum Gasteiger partial charge on any atom is -0.466 e. The van der Waals surface area contributed by atoms with E-state index < -0.39 is 0 Å². The van der Waals surface area contributed by atoms with Crippen LogP contribution in [0, 0.1) is 0 Å². The lowest BCUT2D eigenvalue weighted by molar-refractivity contribution is -0.142. The number of carbonyl (C=O) groups is 1. The molecule has 0 bridgehead atoms. The quantitative estimate of drug-likeness (QED) is 0.641. The Hall–Kier alpha value is -2.37. The second-order valence-electron chi connectivity index (χ2n) is 3.71. The first-order valence-corrected chi connectivity index (χ1v) is 5.62. The second kappa shape index (κ2) is 5.31. The molecule has 6 nitrogen and oxygen atoms in total. The van der Waals surface area contributed by atoms with Crippen molar-refractivity contribution in [2.45, 2.75) is 13.3 Å². The number of anilines is 1. The number of rotatable bonds is 4. The van der Waals surface area contributed by atoms with Crippen LogP contribution in [-0.4, -0.2) is 27.6 Å². The predicted molar refractivity (Wildman–Crippen MR) is 66.1 cm³/mol. The van der Waals surface area contributed by atoms with Crippen molar-refractivity contribution in [2.75, 3.05) is 12.3 Å². The van der Waals surface area contributed by atoms with Gasteiger partial charge in [0.2, 0.25) is 0 Å². The monoisotopic (exact) mass is 246 g/mol. The molecule has 6 heteroatoms. The van der Waals surface area contributed by atoms with Gasteiger partial charge in [-0.1, -0.05) is 5.21 Å². The highest BCUT2D eigenvalue weighted by Crippen LogP contribution is 2.12. The Labute approximate surface area is 104 Å². The number of nitrogens with two attached hydrogens (primary N) is 1. The summed E-state index contributed by atoms with van der Waals surface area (Å²) in [6.07, 6.45) is 1.69. The van der Waals surface area contributed by atoms with E-state index in [1.54, 1.807) is 29.9 Å². The zero-order valence-electron chi connectivity index (χ0n) is 10.0. The van der Waals surface area contributed by atoms with E-state index in [1.807, 2.05) is 12.1 Å². The molecule has 0 saturated heterocycles. The molecule has 0 unspecified atom stereocenters. The average Bonchev–Trinajstić information content (AvgIpc) is 2.78. The summed E-state index contributed by atoms with van der Waals surface area (Å²) in [6, 6.07) is 7.17. The Morgan fingerprint density at radius 2 is 2.11 bits per heavy atom. The number of ether oxygens (including phenoxy) is 1. The van der Waals surface area contributed by atoms with Crippen LogP contribution in [0.5, 0.6) is 0 Å². The highest BCUT2D eigenvalue weighted by molar-refractivity contribution is 5.72. The molecule has 94 valence electrons. The van der Waals surface area contributed by atoms with Crippen molar-refractivity contribution >= 4 is 11.7 Å². The maximum atomic E-state index is 11.4. The minimum atomic E-state index is -0.295. The third-order valence-corrected chi connectivity index (χ3v) is 2.39. The number of esters is 1. The molecule has 0 aliphatic rings. The molecule has 1 aromatic heterocycles. The molecule has 2 N–H and O–H groups in total. The molecule has 0 atom stereocenters. The Morgan fingerprint density at radius 3 is 2.78 bits per heavy atom. The first kappa shape index (κ1) is 12.1. The fourth-order valence-electron chi connectivity index (χ4n) is 1.57. The van der Waals surface area contributed by atoms with E-state index in [2.05, 4.69) is 10.3 Å². The number of hydrogen-bond donors (Lipinski definition) is 1. The summed E-state index contributed by atoms with van der Waals surface area (Å²) in [5.41, 5.74) is 7.78. The van der Waals surface area contributed by atoms with E-state index in [-0.39, 0.29) is 12.4 Å². The number of carbonyl (C=O) groups excluding carboxylic acids is 1. The van der Waals surface area contributed by atoms with Crippen LogP contribution in [0.4, 0.5) is 5.69 Å². The Bertz CT molecular complexity index is 533. The molecule has 0 fully saturated rings. The van der Waals surface area contributed by atoms with Crippen LogP contribution in [0.15, 0.2) is 30.5 Å². The van der Waals surface area contributed by atoms with Crippen LogP contribution in [0.1, 0.15) is 12.6 Å². The first-order chi connectivity index (χ1) is 8.70. The van der Waals surface area contributed by atoms with Gasteiger partial charge in [0.05, 0.1) is 30.6 Å². The summed E-state index contributed by atoms with van der Waals surface area (Å²) in [4.78, 5) is 11.4. The van der Waals surface area contributed by atoms with Crippen LogP contribution < -0.4 is 5.73 Å². The summed E-state index contributed by atoms with van der Waals surface area (Å²) in [5, 5.41) is 7.76. The smallest absolute Gasteiger partial charge is 0.311 e. The van der Waals surface area contributed by atoms with Gasteiger partial charge in [-0.15, -0.1) is 5.10 Å². The van der Waals surface area contributed by atoms with Gasteiger partial charge in [0.15, 0.2) is 0 Å². The standard InChI is InChI=1S/C12H14N4O2/c1-2-18-12(17)7-11-8-14-15-16(11)10-5-3-9(13)4-6-10/h3-6,8H,2,7,13H2,1H3. The maximum absolute atomic E-state index is 11.4. The molecule has 0 amide bonds. The van der Waals surface area contributed by atoms with E-state index >= 15 is 0 Å². The zero-order valence-corrected chi connectivity index (χ0v) is 10.0. The SMILES string of the molecule is CCOC(=O)Cc1cnnn1-c1ccc(N)cc1. The second-order valence-corrected chi connectivity index (χ2v) is 3.71. The third kappa shape index (κ3) is 2.65. The van der Waals surface area contributed by atoms with E-state index in [9.17, 15) is 4.79 Å². The van der Waals surface area contributed by atoms with Crippen LogP contribution in [0.3, 0.4) is 0 Å². The first-order valence-electron chi connectivity index (χ1n) is 5.62. The van der Waals surface area contributed by atoms with Crippen molar-refractivity contribution in [2.24, 2.45) is 0 Å². The van der Waals surface area contributed by atoms with Gasteiger partial charge in [0.25, 0.3) is 0 Å². The van der Waals surface area contributed by atoms with E-state index in [0.717, 1.165) is 5.69 Å². The molecule has 0 aliphatic carbocycles. The van der Waals surface area contributed by atoms with Gasteiger partial charge in [-0.05, 0) is 31.2 Å². The Morgan fingerprint density at radius 1 is 1.39 bits per heavy atom. The van der Waals surface area contributed by atoms with Gasteiger partial charge in [-0.3, -0.25) is 4.79 Å². The van der Waals surface area contributed by atoms with Crippen molar-refractivity contribution in [1.29, 1.82) is 0 Å². The van der Waals surface area contributed by atoms with Crippen molar-refractivity contribution in [3.05, 3.63) is 36.2 Å². The third-order valence-electron chi connectivity index (χ3n) is 2.39. The molecule has 0 radical (unpaired) electrons. The van der Waals surface area contributed by atoms with Gasteiger partial charge in [0.1, 0.15) is 0 Å². The number of nitrogens with zero attached hydrogens (tertiary/aromatic N) is 3. The lowest BCUT2D eigenvalue weighted by Gasteiger charge is -2.06. The molecule has 0 aliphatic heterocycles. The van der Waals surface area contributed by atoms with Crippen LogP contribution in [-0.2, 0) is 16.0 Å². The van der Waals surface area contributed by atoms with Crippen molar-refractivity contribution in [3.8, 4) is 5.69 Å². The van der Waals surface area contributed by atoms with Gasteiger partial charge in [-0.25, -0.2) is 4.68 Å². The van der Waals surface area contributed by atoms with Gasteiger partial charge in [-0.2, -0.15) is 0 Å². The van der Waals surface area contributed by atoms with Crippen LogP contribution in [0.25, 0.3) is 5.69 Å². The average molecular weight is 246 g/mol. The Balaban J connectivity index is 2.22. The zero-order chi connectivity index (χ0) is 13.0. The predicted octanol–water partition coefficient (Wildman–Crippen LogP) is 0.955. The van der Waals surface area contributed by atoms with Crippen molar-refractivity contribution in [3.63, 3.8) is 0 Å². The highest BCUT2D eigenvalue weighted by Gasteiger charge is 2.11. The lowest BCUT2D eigenvalue weighted by atomic mass is 10.2. The maximum Gasteiger partial charge on any atom is 0.311 e. The summed E-state index contributed by atoms with van der Waals surface area (Å²) >= 11 is 0. The fraction of sp³-hybridized carbons (Fsp3) is 0.250. The Kier molecular flexibility index (Phi) is 3.57. The van der Waals surface area contributed by atoms with Gasteiger partial charge < -0.3 is 10.5 Å². The molecule has 1 heterocycles.